The van der Waals surface area contributed by atoms with Gasteiger partial charge in [-0.25, -0.2) is 4.79 Å². The standard InChI is InChI=1S/C30H22N2O5S2/c33-23-12-11-20-14-21(30(36)37-27(20)16-23)18-39-24-9-4-8-22(15-24)31-29(35)26(17-25-10-5-13-38-25)32-28(34)19-6-2-1-3-7-19/h1-17,33H,18H2,(H,31,35)(H,32,34)/b26-17+. The molecule has 9 heteroatoms. The van der Waals surface area contributed by atoms with E-state index in [9.17, 15) is 19.5 Å². The summed E-state index contributed by atoms with van der Waals surface area (Å²) in [6, 6.07) is 26.0. The molecule has 0 radical (unpaired) electrons. The van der Waals surface area contributed by atoms with Crippen molar-refractivity contribution in [2.75, 3.05) is 5.32 Å². The summed E-state index contributed by atoms with van der Waals surface area (Å²) in [6.45, 7) is 0. The molecule has 0 bridgehead atoms. The number of phenolic OH excluding ortho intramolecular Hbond substituents is 1. The van der Waals surface area contributed by atoms with E-state index >= 15 is 0 Å². The Morgan fingerprint density at radius 2 is 1.79 bits per heavy atom. The Balaban J connectivity index is 1.30. The van der Waals surface area contributed by atoms with Gasteiger partial charge in [0.25, 0.3) is 11.8 Å². The zero-order valence-electron chi connectivity index (χ0n) is 20.4. The predicted molar refractivity (Wildman–Crippen MR) is 155 cm³/mol. The number of benzene rings is 3. The lowest BCUT2D eigenvalue weighted by molar-refractivity contribution is -0.113. The van der Waals surface area contributed by atoms with Crippen LogP contribution in [0.5, 0.6) is 5.75 Å². The first-order chi connectivity index (χ1) is 18.9. The number of phenols is 1. The molecule has 0 fully saturated rings. The number of carbonyl (C=O) groups is 2. The fourth-order valence-electron chi connectivity index (χ4n) is 3.72. The Bertz CT molecular complexity index is 1730. The minimum atomic E-state index is -0.470. The molecule has 0 saturated carbocycles. The third-order valence-electron chi connectivity index (χ3n) is 5.64. The highest BCUT2D eigenvalue weighted by Gasteiger charge is 2.16. The molecule has 0 atom stereocenters. The molecule has 3 aromatic carbocycles. The van der Waals surface area contributed by atoms with Gasteiger partial charge >= 0.3 is 5.63 Å². The van der Waals surface area contributed by atoms with Crippen molar-refractivity contribution in [2.45, 2.75) is 10.6 Å². The number of aromatic hydroxyl groups is 1. The molecule has 194 valence electrons. The van der Waals surface area contributed by atoms with Crippen molar-refractivity contribution in [3.8, 4) is 5.75 Å². The molecular formula is C30H22N2O5S2. The van der Waals surface area contributed by atoms with Crippen LogP contribution in [-0.4, -0.2) is 16.9 Å². The molecular weight excluding hydrogens is 532 g/mol. The lowest BCUT2D eigenvalue weighted by Gasteiger charge is -2.12. The molecule has 5 aromatic rings. The third kappa shape index (κ3) is 6.64. The van der Waals surface area contributed by atoms with Crippen molar-refractivity contribution < 1.29 is 19.1 Å². The maximum Gasteiger partial charge on any atom is 0.340 e. The summed E-state index contributed by atoms with van der Waals surface area (Å²) in [6.07, 6.45) is 1.64. The summed E-state index contributed by atoms with van der Waals surface area (Å²) < 4.78 is 5.35. The summed E-state index contributed by atoms with van der Waals surface area (Å²) in [4.78, 5) is 40.1. The van der Waals surface area contributed by atoms with Crippen molar-refractivity contribution in [3.63, 3.8) is 0 Å². The maximum absolute atomic E-state index is 13.2. The molecule has 0 aliphatic carbocycles. The highest BCUT2D eigenvalue weighted by Crippen LogP contribution is 2.27. The zero-order chi connectivity index (χ0) is 27.2. The van der Waals surface area contributed by atoms with Crippen LogP contribution < -0.4 is 16.3 Å². The number of rotatable bonds is 8. The first-order valence-corrected chi connectivity index (χ1v) is 13.7. The highest BCUT2D eigenvalue weighted by atomic mass is 32.2. The third-order valence-corrected chi connectivity index (χ3v) is 7.50. The Labute approximate surface area is 231 Å². The van der Waals surface area contributed by atoms with E-state index in [4.69, 9.17) is 4.42 Å². The molecule has 7 nitrogen and oxygen atoms in total. The fourth-order valence-corrected chi connectivity index (χ4v) is 5.29. The van der Waals surface area contributed by atoms with Gasteiger partial charge in [-0.2, -0.15) is 0 Å². The average Bonchev–Trinajstić information content (AvgIpc) is 3.45. The monoisotopic (exact) mass is 554 g/mol. The first kappa shape index (κ1) is 26.0. The minimum Gasteiger partial charge on any atom is -0.508 e. The Morgan fingerprint density at radius 3 is 2.59 bits per heavy atom. The van der Waals surface area contributed by atoms with Crippen LogP contribution in [0.2, 0.25) is 0 Å². The summed E-state index contributed by atoms with van der Waals surface area (Å²) in [5, 5.41) is 17.8. The van der Waals surface area contributed by atoms with E-state index in [2.05, 4.69) is 10.6 Å². The van der Waals surface area contributed by atoms with Gasteiger partial charge < -0.3 is 20.2 Å². The number of fused-ring (bicyclic) bond motifs is 1. The number of nitrogens with one attached hydrogen (secondary N) is 2. The maximum atomic E-state index is 13.2. The van der Waals surface area contributed by atoms with E-state index in [1.54, 1.807) is 60.7 Å². The van der Waals surface area contributed by atoms with Crippen molar-refractivity contribution in [3.05, 3.63) is 128 Å². The van der Waals surface area contributed by atoms with Crippen molar-refractivity contribution in [1.82, 2.24) is 5.32 Å². The number of carbonyl (C=O) groups excluding carboxylic acids is 2. The van der Waals surface area contributed by atoms with Crippen molar-refractivity contribution >= 4 is 57.6 Å². The number of anilines is 1. The molecule has 5 rings (SSSR count). The second kappa shape index (κ2) is 11.8. The molecule has 0 saturated heterocycles. The van der Waals surface area contributed by atoms with Crippen LogP contribution in [0.4, 0.5) is 5.69 Å². The van der Waals surface area contributed by atoms with Gasteiger partial charge in [-0.3, -0.25) is 9.59 Å². The molecule has 2 amide bonds. The van der Waals surface area contributed by atoms with Crippen LogP contribution in [0.1, 0.15) is 20.8 Å². The zero-order valence-corrected chi connectivity index (χ0v) is 22.1. The Kier molecular flexibility index (Phi) is 7.91. The SMILES string of the molecule is O=C(Nc1cccc(SCc2cc3ccc(O)cc3oc2=O)c1)/C(=C\c1cccs1)NC(=O)c1ccccc1. The molecule has 2 aromatic heterocycles. The summed E-state index contributed by atoms with van der Waals surface area (Å²) in [5.41, 5.74) is 1.43. The van der Waals surface area contributed by atoms with Crippen LogP contribution in [0.15, 0.2) is 116 Å². The van der Waals surface area contributed by atoms with E-state index in [0.717, 1.165) is 9.77 Å². The number of hydrogen-bond donors (Lipinski definition) is 3. The summed E-state index contributed by atoms with van der Waals surface area (Å²) >= 11 is 2.87. The minimum absolute atomic E-state index is 0.0275. The lowest BCUT2D eigenvalue weighted by atomic mass is 10.2. The van der Waals surface area contributed by atoms with Crippen LogP contribution in [0.3, 0.4) is 0 Å². The van der Waals surface area contributed by atoms with Gasteiger partial charge in [-0.1, -0.05) is 30.3 Å². The van der Waals surface area contributed by atoms with Crippen LogP contribution in [0.25, 0.3) is 17.0 Å². The van der Waals surface area contributed by atoms with E-state index in [1.807, 2.05) is 29.6 Å². The highest BCUT2D eigenvalue weighted by molar-refractivity contribution is 7.98. The lowest BCUT2D eigenvalue weighted by Crippen LogP contribution is -2.30. The smallest absolute Gasteiger partial charge is 0.340 e. The number of hydrogen-bond acceptors (Lipinski definition) is 7. The second-order valence-electron chi connectivity index (χ2n) is 8.45. The Hall–Kier alpha value is -4.60. The topological polar surface area (TPSA) is 109 Å². The Morgan fingerprint density at radius 1 is 0.949 bits per heavy atom. The fraction of sp³-hybridized carbons (Fsp3) is 0.0333. The summed E-state index contributed by atoms with van der Waals surface area (Å²) in [7, 11) is 0. The van der Waals surface area contributed by atoms with Crippen LogP contribution >= 0.6 is 23.1 Å². The first-order valence-electron chi connectivity index (χ1n) is 11.9. The quantitative estimate of drug-likeness (QED) is 0.119. The van der Waals surface area contributed by atoms with E-state index in [0.29, 0.717) is 33.5 Å². The predicted octanol–water partition coefficient (Wildman–Crippen LogP) is 6.26. The van der Waals surface area contributed by atoms with E-state index < -0.39 is 11.5 Å². The van der Waals surface area contributed by atoms with Crippen LogP contribution in [-0.2, 0) is 10.5 Å². The molecule has 0 spiro atoms. The second-order valence-corrected chi connectivity index (χ2v) is 10.5. The van der Waals surface area contributed by atoms with Gasteiger partial charge in [-0.05, 0) is 66.1 Å². The average molecular weight is 555 g/mol. The van der Waals surface area contributed by atoms with Gasteiger partial charge in [0.2, 0.25) is 0 Å². The largest absolute Gasteiger partial charge is 0.508 e. The summed E-state index contributed by atoms with van der Waals surface area (Å²) in [5.74, 6) is -0.470. The van der Waals surface area contributed by atoms with Gasteiger partial charge in [-0.15, -0.1) is 23.1 Å². The van der Waals surface area contributed by atoms with Gasteiger partial charge in [0.1, 0.15) is 17.0 Å². The molecule has 39 heavy (non-hydrogen) atoms. The molecule has 0 aliphatic heterocycles. The van der Waals surface area contributed by atoms with Gasteiger partial charge in [0.15, 0.2) is 0 Å². The molecule has 0 aliphatic rings. The number of thiophene rings is 1. The molecule has 0 unspecified atom stereocenters. The van der Waals surface area contributed by atoms with E-state index in [1.165, 1.54) is 35.2 Å². The van der Waals surface area contributed by atoms with Crippen molar-refractivity contribution in [1.29, 1.82) is 0 Å². The van der Waals surface area contributed by atoms with Crippen molar-refractivity contribution in [2.24, 2.45) is 0 Å². The normalized spacial score (nSPS) is 11.3. The number of amides is 2. The van der Waals surface area contributed by atoms with Gasteiger partial charge in [0, 0.05) is 43.8 Å². The van der Waals surface area contributed by atoms with E-state index in [-0.39, 0.29) is 17.4 Å². The van der Waals surface area contributed by atoms with Gasteiger partial charge in [0.05, 0.1) is 0 Å². The number of thioether (sulfide) groups is 1. The molecule has 3 N–H and O–H groups in total. The van der Waals surface area contributed by atoms with Crippen LogP contribution in [0, 0.1) is 0 Å². The molecule has 2 heterocycles.